The van der Waals surface area contributed by atoms with Crippen molar-refractivity contribution in [1.82, 2.24) is 0 Å². The summed E-state index contributed by atoms with van der Waals surface area (Å²) in [5.74, 6) is 0.173. The minimum Gasteiger partial charge on any atom is -0.298 e. The predicted molar refractivity (Wildman–Crippen MR) is 80.6 cm³/mol. The van der Waals surface area contributed by atoms with Crippen LogP contribution in [-0.2, 0) is 4.79 Å². The Hall–Kier alpha value is -2.22. The van der Waals surface area contributed by atoms with Crippen LogP contribution in [0.1, 0.15) is 18.9 Å². The summed E-state index contributed by atoms with van der Waals surface area (Å²) in [7, 11) is 0. The molecule has 0 heterocycles. The molecule has 0 aromatic heterocycles. The molecule has 0 amide bonds. The molecule has 2 nitrogen and oxygen atoms in total. The highest BCUT2D eigenvalue weighted by Crippen LogP contribution is 1.94. The molecule has 0 bridgehead atoms. The van der Waals surface area contributed by atoms with E-state index in [2.05, 4.69) is 4.99 Å². The van der Waals surface area contributed by atoms with E-state index >= 15 is 0 Å². The lowest BCUT2D eigenvalue weighted by atomic mass is 10.2. The molecule has 0 fully saturated rings. The summed E-state index contributed by atoms with van der Waals surface area (Å²) in [6.07, 6.45) is 2.29. The van der Waals surface area contributed by atoms with Crippen molar-refractivity contribution in [3.05, 3.63) is 72.3 Å². The van der Waals surface area contributed by atoms with E-state index in [9.17, 15) is 4.79 Å². The number of rotatable bonds is 4. The summed E-state index contributed by atoms with van der Waals surface area (Å²) in [4.78, 5) is 14.9. The van der Waals surface area contributed by atoms with E-state index in [1.54, 1.807) is 6.21 Å². The second-order valence-electron chi connectivity index (χ2n) is 3.93. The van der Waals surface area contributed by atoms with Crippen molar-refractivity contribution in [1.29, 1.82) is 0 Å². The lowest BCUT2D eigenvalue weighted by molar-refractivity contribution is -0.117. The lowest BCUT2D eigenvalue weighted by Crippen LogP contribution is -1.99. The van der Waals surface area contributed by atoms with Gasteiger partial charge in [0, 0.05) is 12.6 Å². The highest BCUT2D eigenvalue weighted by molar-refractivity contribution is 5.85. The van der Waals surface area contributed by atoms with Gasteiger partial charge in [0.2, 0.25) is 0 Å². The van der Waals surface area contributed by atoms with Crippen LogP contribution in [0.3, 0.4) is 0 Å². The second-order valence-corrected chi connectivity index (χ2v) is 3.93. The quantitative estimate of drug-likeness (QED) is 0.763. The van der Waals surface area contributed by atoms with Gasteiger partial charge >= 0.3 is 0 Å². The topological polar surface area (TPSA) is 29.4 Å². The lowest BCUT2D eigenvalue weighted by Gasteiger charge is -1.91. The van der Waals surface area contributed by atoms with Gasteiger partial charge in [-0.1, -0.05) is 73.7 Å². The van der Waals surface area contributed by atoms with Crippen LogP contribution in [0.5, 0.6) is 0 Å². The number of aliphatic imine (C=N–C) groups is 1. The maximum absolute atomic E-state index is 10.9. The van der Waals surface area contributed by atoms with E-state index in [1.165, 1.54) is 0 Å². The monoisotopic (exact) mass is 253 g/mol. The smallest absolute Gasteiger partial charge is 0.153 e. The van der Waals surface area contributed by atoms with E-state index < -0.39 is 0 Å². The average Bonchev–Trinajstić information content (AvgIpc) is 2.50. The van der Waals surface area contributed by atoms with Crippen molar-refractivity contribution in [3.8, 4) is 0 Å². The molecule has 0 saturated carbocycles. The van der Waals surface area contributed by atoms with Gasteiger partial charge in [-0.2, -0.15) is 0 Å². The summed E-state index contributed by atoms with van der Waals surface area (Å²) in [6, 6.07) is 21.8. The number of hydrogen-bond donors (Lipinski definition) is 0. The summed E-state index contributed by atoms with van der Waals surface area (Å²) >= 11 is 0. The summed E-state index contributed by atoms with van der Waals surface area (Å²) in [5.41, 5.74) is 1.03. The van der Waals surface area contributed by atoms with Crippen LogP contribution < -0.4 is 0 Å². The van der Waals surface area contributed by atoms with Crippen LogP contribution in [0.25, 0.3) is 0 Å². The molecule has 2 aromatic rings. The normalized spacial score (nSPS) is 9.74. The largest absolute Gasteiger partial charge is 0.298 e. The molecule has 0 spiro atoms. The maximum atomic E-state index is 10.9. The highest BCUT2D eigenvalue weighted by Gasteiger charge is 1.92. The van der Waals surface area contributed by atoms with E-state index in [0.29, 0.717) is 13.0 Å². The Bertz CT molecular complexity index is 450. The number of ketones is 1. The van der Waals surface area contributed by atoms with Crippen molar-refractivity contribution in [2.45, 2.75) is 13.3 Å². The predicted octanol–water partition coefficient (Wildman–Crippen LogP) is 3.77. The zero-order valence-electron chi connectivity index (χ0n) is 11.2. The number of carbonyl (C=O) groups is 1. The molecule has 0 N–H and O–H groups in total. The number of carbonyl (C=O) groups excluding carboxylic acids is 1. The van der Waals surface area contributed by atoms with Gasteiger partial charge in [0.1, 0.15) is 0 Å². The molecule has 0 unspecified atom stereocenters. The molecule has 0 aliphatic rings. The molecule has 19 heavy (non-hydrogen) atoms. The fraction of sp³-hybridized carbons (Fsp3) is 0.176. The Morgan fingerprint density at radius 1 is 0.947 bits per heavy atom. The average molecular weight is 253 g/mol. The van der Waals surface area contributed by atoms with Gasteiger partial charge in [-0.05, 0) is 5.56 Å². The molecule has 98 valence electrons. The van der Waals surface area contributed by atoms with Crippen LogP contribution in [-0.4, -0.2) is 18.5 Å². The number of Topliss-reactive ketones (excluding diaryl/α,β-unsaturated/α-hetero) is 1. The van der Waals surface area contributed by atoms with Crippen molar-refractivity contribution >= 4 is 12.0 Å². The van der Waals surface area contributed by atoms with Crippen LogP contribution >= 0.6 is 0 Å². The molecular weight excluding hydrogens is 234 g/mol. The molecule has 0 atom stereocenters. The van der Waals surface area contributed by atoms with Gasteiger partial charge < -0.3 is 0 Å². The first kappa shape index (κ1) is 14.8. The Balaban J connectivity index is 0.000000250. The van der Waals surface area contributed by atoms with E-state index in [4.69, 9.17) is 0 Å². The van der Waals surface area contributed by atoms with Gasteiger partial charge in [-0.15, -0.1) is 0 Å². The summed E-state index contributed by atoms with van der Waals surface area (Å²) in [5, 5.41) is 0. The van der Waals surface area contributed by atoms with E-state index in [-0.39, 0.29) is 5.78 Å². The molecule has 0 radical (unpaired) electrons. The Labute approximate surface area is 114 Å². The van der Waals surface area contributed by atoms with Gasteiger partial charge in [-0.25, -0.2) is 0 Å². The first-order valence-corrected chi connectivity index (χ1v) is 6.39. The molecule has 2 rings (SSSR count). The molecule has 2 heteroatoms. The second kappa shape index (κ2) is 9.77. The Morgan fingerprint density at radius 3 is 1.89 bits per heavy atom. The molecular formula is C17H19NO. The Kier molecular flexibility index (Phi) is 7.63. The van der Waals surface area contributed by atoms with Gasteiger partial charge in [0.05, 0.1) is 6.54 Å². The number of benzene rings is 2. The van der Waals surface area contributed by atoms with Crippen molar-refractivity contribution in [2.24, 2.45) is 4.99 Å². The van der Waals surface area contributed by atoms with Crippen molar-refractivity contribution < 1.29 is 4.79 Å². The third-order valence-corrected chi connectivity index (χ3v) is 2.37. The highest BCUT2D eigenvalue weighted by atomic mass is 16.1. The van der Waals surface area contributed by atoms with E-state index in [1.807, 2.05) is 73.7 Å². The first-order valence-electron chi connectivity index (χ1n) is 6.39. The van der Waals surface area contributed by atoms with Gasteiger partial charge in [0.15, 0.2) is 5.78 Å². The van der Waals surface area contributed by atoms with Crippen LogP contribution in [0.4, 0.5) is 0 Å². The van der Waals surface area contributed by atoms with Crippen LogP contribution in [0.2, 0.25) is 0 Å². The van der Waals surface area contributed by atoms with Crippen molar-refractivity contribution in [2.75, 3.05) is 6.54 Å². The number of hydrogen-bond acceptors (Lipinski definition) is 2. The SMILES string of the molecule is CCC(=O)CN=Cc1ccccc1.c1ccccc1. The summed E-state index contributed by atoms with van der Waals surface area (Å²) < 4.78 is 0. The number of nitrogens with zero attached hydrogens (tertiary/aromatic N) is 1. The molecule has 0 aliphatic carbocycles. The first-order chi connectivity index (χ1) is 9.33. The van der Waals surface area contributed by atoms with Crippen molar-refractivity contribution in [3.63, 3.8) is 0 Å². The minimum absolute atomic E-state index is 0.173. The van der Waals surface area contributed by atoms with Gasteiger partial charge in [0.25, 0.3) is 0 Å². The van der Waals surface area contributed by atoms with Crippen LogP contribution in [0, 0.1) is 0 Å². The Morgan fingerprint density at radius 2 is 1.42 bits per heavy atom. The molecule has 2 aromatic carbocycles. The fourth-order valence-corrected chi connectivity index (χ4v) is 1.29. The maximum Gasteiger partial charge on any atom is 0.153 e. The van der Waals surface area contributed by atoms with Crippen LogP contribution in [0.15, 0.2) is 71.7 Å². The fourth-order valence-electron chi connectivity index (χ4n) is 1.29. The third kappa shape index (κ3) is 7.66. The van der Waals surface area contributed by atoms with Gasteiger partial charge in [-0.3, -0.25) is 9.79 Å². The molecule has 0 saturated heterocycles. The minimum atomic E-state index is 0.173. The zero-order valence-corrected chi connectivity index (χ0v) is 11.2. The standard InChI is InChI=1S/C11H13NO.C6H6/c1-2-11(13)9-12-8-10-6-4-3-5-7-10;1-2-4-6-5-3-1/h3-8H,2,9H2,1H3;1-6H. The zero-order chi connectivity index (χ0) is 13.8. The summed E-state index contributed by atoms with van der Waals surface area (Å²) in [6.45, 7) is 2.14. The molecule has 0 aliphatic heterocycles. The van der Waals surface area contributed by atoms with E-state index in [0.717, 1.165) is 5.56 Å². The third-order valence-electron chi connectivity index (χ3n) is 2.37.